The fourth-order valence-electron chi connectivity index (χ4n) is 8.98. The first-order chi connectivity index (χ1) is 34.0. The van der Waals surface area contributed by atoms with Gasteiger partial charge in [0, 0.05) is 75.5 Å². The van der Waals surface area contributed by atoms with Gasteiger partial charge in [0.25, 0.3) is 0 Å². The number of fused-ring (bicyclic) bond motifs is 4. The number of aromatic nitrogens is 6. The fraction of sp³-hybridized carbons (Fsp3) is 0.360. The van der Waals surface area contributed by atoms with Gasteiger partial charge in [-0.3, -0.25) is 9.80 Å². The maximum atomic E-state index is 14.2. The van der Waals surface area contributed by atoms with Crippen molar-refractivity contribution in [2.24, 2.45) is 0 Å². The van der Waals surface area contributed by atoms with E-state index in [-0.39, 0.29) is 36.9 Å². The minimum Gasteiger partial charge on any atom is -0.487 e. The second kappa shape index (κ2) is 20.2. The fourth-order valence-corrected chi connectivity index (χ4v) is 10.4. The third-order valence-corrected chi connectivity index (χ3v) is 14.1. The first kappa shape index (κ1) is 46.7. The number of thiazole rings is 2. The largest absolute Gasteiger partial charge is 0.487 e. The Morgan fingerprint density at radius 1 is 0.600 bits per heavy atom. The summed E-state index contributed by atoms with van der Waals surface area (Å²) in [5, 5.41) is 8.32. The van der Waals surface area contributed by atoms with Crippen LogP contribution in [0, 0.1) is 0 Å². The maximum absolute atomic E-state index is 14.2. The van der Waals surface area contributed by atoms with Crippen LogP contribution in [0.4, 0.5) is 44.0 Å². The lowest BCUT2D eigenvalue weighted by Crippen LogP contribution is -2.38. The van der Waals surface area contributed by atoms with E-state index in [0.29, 0.717) is 102 Å². The normalized spacial score (nSPS) is 15.6. The predicted molar refractivity (Wildman–Crippen MR) is 276 cm³/mol. The summed E-state index contributed by atoms with van der Waals surface area (Å²) in [5.74, 6) is 2.22. The number of methoxy groups -OCH3 is 1. The van der Waals surface area contributed by atoms with E-state index in [1.165, 1.54) is 12.7 Å². The molecule has 10 rings (SSSR count). The summed E-state index contributed by atoms with van der Waals surface area (Å²) < 4.78 is 26.9. The summed E-state index contributed by atoms with van der Waals surface area (Å²) in [6, 6.07) is 19.4. The van der Waals surface area contributed by atoms with Crippen LogP contribution in [0.1, 0.15) is 41.0 Å². The molecule has 0 spiro atoms. The number of rotatable bonds is 19. The van der Waals surface area contributed by atoms with E-state index in [9.17, 15) is 9.59 Å². The van der Waals surface area contributed by atoms with Crippen molar-refractivity contribution in [1.82, 2.24) is 39.7 Å². The molecule has 0 aliphatic carbocycles. The van der Waals surface area contributed by atoms with Crippen molar-refractivity contribution in [3.63, 3.8) is 0 Å². The molecule has 18 nitrogen and oxygen atoms in total. The summed E-state index contributed by atoms with van der Waals surface area (Å²) >= 11 is 3.14. The van der Waals surface area contributed by atoms with Gasteiger partial charge in [-0.2, -0.15) is 0 Å². The smallest absolute Gasteiger partial charge is 0.324 e. The lowest BCUT2D eigenvalue weighted by Gasteiger charge is -2.26. The SMILES string of the molecule is COC[C@@H](C)Oc1cc(N2CCN(C(C)CCOC[C@H](C)Oc3cc(N4CCN(C(C)C)C4=O)cc4ncnc(Nc5ccc6ncsc6c5)c34)C2=O)cc2ncnc(Nc3ccc4ncsc4c3)c12. The van der Waals surface area contributed by atoms with E-state index in [2.05, 4.69) is 40.5 Å². The number of amides is 4. The van der Waals surface area contributed by atoms with Gasteiger partial charge in [-0.15, -0.1) is 22.7 Å². The van der Waals surface area contributed by atoms with Crippen LogP contribution in [0.3, 0.4) is 0 Å². The van der Waals surface area contributed by atoms with Gasteiger partial charge < -0.3 is 39.4 Å². The van der Waals surface area contributed by atoms with Crippen LogP contribution in [-0.2, 0) is 9.47 Å². The molecule has 2 N–H and O–H groups in total. The molecule has 20 heteroatoms. The minimum atomic E-state index is -0.391. The van der Waals surface area contributed by atoms with Crippen molar-refractivity contribution >= 4 is 111 Å². The molecule has 0 saturated carbocycles. The molecule has 3 atom stereocenters. The zero-order valence-electron chi connectivity index (χ0n) is 39.8. The Hall–Kier alpha value is -7.00. The second-order valence-corrected chi connectivity index (χ2v) is 19.6. The van der Waals surface area contributed by atoms with Gasteiger partial charge in [-0.05, 0) is 89.6 Å². The first-order valence-corrected chi connectivity index (χ1v) is 25.1. The van der Waals surface area contributed by atoms with Gasteiger partial charge in [0.15, 0.2) is 0 Å². The molecular weight excluding hydrogens is 929 g/mol. The number of carbonyl (C=O) groups is 2. The van der Waals surface area contributed by atoms with Crippen LogP contribution in [0.2, 0.25) is 0 Å². The van der Waals surface area contributed by atoms with Crippen LogP contribution < -0.4 is 29.9 Å². The van der Waals surface area contributed by atoms with E-state index >= 15 is 0 Å². The molecule has 4 aromatic carbocycles. The standard InChI is InChI=1S/C50H54N12O6S2/c1-29(2)59-12-14-61(49(59)63)35-19-39-46(48(54-25-51-39)58-34-8-10-38-44(18-34)70-28-56-38)42(21-35)68-32(5)24-66-16-11-30(3)60-13-15-62(50(60)64)36-20-40-45(41(22-36)67-31(4)23-65-6)47(53-26-52-40)57-33-7-9-37-43(17-33)69-27-55-37/h7-10,17-22,25-32H,11-16,23-24H2,1-6H3,(H,51,54,58)(H,52,53,57)/t30?,31-,32+/m1/s1. The molecule has 362 valence electrons. The molecule has 2 saturated heterocycles. The van der Waals surface area contributed by atoms with Gasteiger partial charge >= 0.3 is 12.1 Å². The Labute approximate surface area is 412 Å². The summed E-state index contributed by atoms with van der Waals surface area (Å²) in [4.78, 5) is 62.4. The van der Waals surface area contributed by atoms with Crippen LogP contribution in [0.15, 0.2) is 84.3 Å². The molecule has 1 unspecified atom stereocenters. The molecule has 0 radical (unpaired) electrons. The number of nitrogens with zero attached hydrogens (tertiary/aromatic N) is 10. The molecule has 0 bridgehead atoms. The number of ether oxygens (including phenoxy) is 4. The van der Waals surface area contributed by atoms with E-state index in [1.54, 1.807) is 39.6 Å². The summed E-state index contributed by atoms with van der Waals surface area (Å²) in [5.41, 5.74) is 9.86. The van der Waals surface area contributed by atoms with Crippen molar-refractivity contribution in [3.8, 4) is 11.5 Å². The predicted octanol–water partition coefficient (Wildman–Crippen LogP) is 9.85. The first-order valence-electron chi connectivity index (χ1n) is 23.4. The van der Waals surface area contributed by atoms with E-state index in [0.717, 1.165) is 31.8 Å². The molecule has 70 heavy (non-hydrogen) atoms. The van der Waals surface area contributed by atoms with E-state index < -0.39 is 6.10 Å². The third-order valence-electron chi connectivity index (χ3n) is 12.5. The number of benzene rings is 4. The lowest BCUT2D eigenvalue weighted by atomic mass is 10.1. The van der Waals surface area contributed by atoms with Gasteiger partial charge in [0.2, 0.25) is 0 Å². The van der Waals surface area contributed by atoms with Gasteiger partial charge in [-0.1, -0.05) is 0 Å². The van der Waals surface area contributed by atoms with Crippen LogP contribution in [0.25, 0.3) is 42.2 Å². The molecule has 2 aliphatic rings. The van der Waals surface area contributed by atoms with Crippen LogP contribution in [0.5, 0.6) is 11.5 Å². The molecule has 4 aromatic heterocycles. The molecule has 2 aliphatic heterocycles. The van der Waals surface area contributed by atoms with E-state index in [4.69, 9.17) is 18.9 Å². The summed E-state index contributed by atoms with van der Waals surface area (Å²) in [6.07, 6.45) is 2.96. The quantitative estimate of drug-likeness (QED) is 0.0730. The minimum absolute atomic E-state index is 0.0576. The number of urea groups is 2. The number of hydrogen-bond acceptors (Lipinski definition) is 16. The number of nitrogens with one attached hydrogen (secondary N) is 2. The number of hydrogen-bond donors (Lipinski definition) is 2. The third kappa shape index (κ3) is 9.63. The lowest BCUT2D eigenvalue weighted by molar-refractivity contribution is 0.0508. The average Bonchev–Trinajstić information content (AvgIpc) is 4.17. The monoisotopic (exact) mass is 982 g/mol. The van der Waals surface area contributed by atoms with Gasteiger partial charge in [-0.25, -0.2) is 39.5 Å². The zero-order chi connectivity index (χ0) is 48.5. The van der Waals surface area contributed by atoms with Crippen molar-refractivity contribution in [1.29, 1.82) is 0 Å². The summed E-state index contributed by atoms with van der Waals surface area (Å²) in [6.45, 7) is 13.2. The molecule has 6 heterocycles. The Bertz CT molecular complexity index is 3210. The van der Waals surface area contributed by atoms with Gasteiger partial charge in [0.05, 0.1) is 77.8 Å². The molecule has 4 amide bonds. The van der Waals surface area contributed by atoms with Crippen LogP contribution in [-0.4, -0.2) is 129 Å². The molecule has 2 fully saturated rings. The van der Waals surface area contributed by atoms with Gasteiger partial charge in [0.1, 0.15) is 48.0 Å². The van der Waals surface area contributed by atoms with Crippen molar-refractivity contribution in [2.75, 3.05) is 73.5 Å². The van der Waals surface area contributed by atoms with Crippen molar-refractivity contribution in [2.45, 2.75) is 65.3 Å². The maximum Gasteiger partial charge on any atom is 0.324 e. The number of carbonyl (C=O) groups excluding carboxylic acids is 2. The zero-order valence-corrected chi connectivity index (χ0v) is 41.4. The van der Waals surface area contributed by atoms with Crippen LogP contribution >= 0.6 is 22.7 Å². The van der Waals surface area contributed by atoms with Crippen molar-refractivity contribution < 1.29 is 28.5 Å². The summed E-state index contributed by atoms with van der Waals surface area (Å²) in [7, 11) is 1.64. The Morgan fingerprint density at radius 3 is 1.63 bits per heavy atom. The molecular formula is C50H54N12O6S2. The Balaban J connectivity index is 0.816. The highest BCUT2D eigenvalue weighted by atomic mass is 32.1. The Kier molecular flexibility index (Phi) is 13.4. The Morgan fingerprint density at radius 2 is 1.11 bits per heavy atom. The van der Waals surface area contributed by atoms with Crippen molar-refractivity contribution in [3.05, 3.63) is 84.3 Å². The number of anilines is 6. The highest BCUT2D eigenvalue weighted by Crippen LogP contribution is 2.40. The highest BCUT2D eigenvalue weighted by molar-refractivity contribution is 7.17. The van der Waals surface area contributed by atoms with E-state index in [1.807, 2.05) is 116 Å². The highest BCUT2D eigenvalue weighted by Gasteiger charge is 2.35. The second-order valence-electron chi connectivity index (χ2n) is 17.8. The molecule has 8 aromatic rings. The average molecular weight is 983 g/mol. The topological polar surface area (TPSA) is 185 Å².